The molecule has 0 aliphatic rings. The van der Waals surface area contributed by atoms with Crippen LogP contribution in [0.5, 0.6) is 5.75 Å². The summed E-state index contributed by atoms with van der Waals surface area (Å²) in [6, 6.07) is 6.30. The first-order valence-electron chi connectivity index (χ1n) is 6.35. The molecule has 0 atom stereocenters. The molecule has 2 rings (SSSR count). The number of hydrogen-bond acceptors (Lipinski definition) is 5. The van der Waals surface area contributed by atoms with Gasteiger partial charge in [-0.2, -0.15) is 0 Å². The first-order chi connectivity index (χ1) is 9.74. The van der Waals surface area contributed by atoms with Crippen LogP contribution in [0.15, 0.2) is 30.6 Å². The number of halogens is 1. The van der Waals surface area contributed by atoms with Gasteiger partial charge < -0.3 is 15.4 Å². The van der Waals surface area contributed by atoms with E-state index in [2.05, 4.69) is 20.6 Å². The van der Waals surface area contributed by atoms with E-state index in [1.165, 1.54) is 18.5 Å². The lowest BCUT2D eigenvalue weighted by atomic mass is 10.2. The predicted octanol–water partition coefficient (Wildman–Crippen LogP) is 2.67. The molecule has 0 unspecified atom stereocenters. The summed E-state index contributed by atoms with van der Waals surface area (Å²) in [5.74, 6) is 1.56. The lowest BCUT2D eigenvalue weighted by molar-refractivity contribution is 0.414. The number of benzene rings is 1. The van der Waals surface area contributed by atoms with Crippen LogP contribution in [-0.2, 0) is 6.54 Å². The van der Waals surface area contributed by atoms with Gasteiger partial charge in [0, 0.05) is 13.1 Å². The third kappa shape index (κ3) is 3.34. The highest BCUT2D eigenvalue weighted by atomic mass is 19.1. The van der Waals surface area contributed by atoms with Crippen molar-refractivity contribution in [3.05, 3.63) is 42.0 Å². The van der Waals surface area contributed by atoms with Crippen LogP contribution in [0, 0.1) is 5.82 Å². The summed E-state index contributed by atoms with van der Waals surface area (Å²) in [6.45, 7) is 3.25. The molecule has 0 radical (unpaired) electrons. The molecule has 1 heterocycles. The topological polar surface area (TPSA) is 59.1 Å². The maximum absolute atomic E-state index is 12.8. The zero-order valence-electron chi connectivity index (χ0n) is 11.5. The molecule has 1 aromatic heterocycles. The molecule has 2 aromatic rings. The molecule has 0 bridgehead atoms. The highest BCUT2D eigenvalue weighted by Crippen LogP contribution is 2.28. The van der Waals surface area contributed by atoms with Gasteiger partial charge in [-0.25, -0.2) is 14.4 Å². The zero-order chi connectivity index (χ0) is 14.4. The highest BCUT2D eigenvalue weighted by Gasteiger charge is 2.11. The van der Waals surface area contributed by atoms with E-state index in [0.717, 1.165) is 12.1 Å². The SMILES string of the molecule is CCNc1ncnc(NCc2ccc(F)cc2)c1OC. The van der Waals surface area contributed by atoms with Crippen molar-refractivity contribution in [1.82, 2.24) is 9.97 Å². The minimum atomic E-state index is -0.247. The lowest BCUT2D eigenvalue weighted by Gasteiger charge is -2.13. The average molecular weight is 276 g/mol. The number of nitrogens with zero attached hydrogens (tertiary/aromatic N) is 2. The van der Waals surface area contributed by atoms with E-state index in [1.54, 1.807) is 19.2 Å². The van der Waals surface area contributed by atoms with Crippen LogP contribution in [0.1, 0.15) is 12.5 Å². The number of anilines is 2. The van der Waals surface area contributed by atoms with Gasteiger partial charge in [-0.3, -0.25) is 0 Å². The summed E-state index contributed by atoms with van der Waals surface area (Å²) in [4.78, 5) is 8.29. The molecule has 106 valence electrons. The summed E-state index contributed by atoms with van der Waals surface area (Å²) in [6.07, 6.45) is 1.47. The summed E-state index contributed by atoms with van der Waals surface area (Å²) in [5.41, 5.74) is 0.956. The van der Waals surface area contributed by atoms with Crippen LogP contribution >= 0.6 is 0 Å². The van der Waals surface area contributed by atoms with Crippen LogP contribution in [-0.4, -0.2) is 23.6 Å². The van der Waals surface area contributed by atoms with Crippen LogP contribution in [0.2, 0.25) is 0 Å². The summed E-state index contributed by atoms with van der Waals surface area (Å²) >= 11 is 0. The lowest BCUT2D eigenvalue weighted by Crippen LogP contribution is -2.08. The van der Waals surface area contributed by atoms with Crippen LogP contribution in [0.25, 0.3) is 0 Å². The molecular weight excluding hydrogens is 259 g/mol. The molecule has 6 heteroatoms. The number of rotatable bonds is 6. The smallest absolute Gasteiger partial charge is 0.204 e. The predicted molar refractivity (Wildman–Crippen MR) is 76.5 cm³/mol. The van der Waals surface area contributed by atoms with Crippen molar-refractivity contribution in [3.8, 4) is 5.75 Å². The van der Waals surface area contributed by atoms with E-state index in [0.29, 0.717) is 23.9 Å². The molecule has 0 amide bonds. The van der Waals surface area contributed by atoms with Crippen molar-refractivity contribution in [2.24, 2.45) is 0 Å². The second-order valence-electron chi connectivity index (χ2n) is 4.11. The van der Waals surface area contributed by atoms with Gasteiger partial charge in [-0.05, 0) is 24.6 Å². The maximum Gasteiger partial charge on any atom is 0.204 e. The van der Waals surface area contributed by atoms with Gasteiger partial charge in [0.15, 0.2) is 11.6 Å². The molecule has 2 N–H and O–H groups in total. The number of methoxy groups -OCH3 is 1. The summed E-state index contributed by atoms with van der Waals surface area (Å²) < 4.78 is 18.2. The molecule has 0 spiro atoms. The fourth-order valence-electron chi connectivity index (χ4n) is 1.77. The maximum atomic E-state index is 12.8. The number of aromatic nitrogens is 2. The van der Waals surface area contributed by atoms with Crippen LogP contribution < -0.4 is 15.4 Å². The fraction of sp³-hybridized carbons (Fsp3) is 0.286. The minimum Gasteiger partial charge on any atom is -0.490 e. The van der Waals surface area contributed by atoms with E-state index in [9.17, 15) is 4.39 Å². The molecule has 20 heavy (non-hydrogen) atoms. The zero-order valence-corrected chi connectivity index (χ0v) is 11.5. The van der Waals surface area contributed by atoms with Crippen molar-refractivity contribution >= 4 is 11.6 Å². The quantitative estimate of drug-likeness (QED) is 0.849. The van der Waals surface area contributed by atoms with Crippen LogP contribution in [0.3, 0.4) is 0 Å². The van der Waals surface area contributed by atoms with Crippen molar-refractivity contribution in [2.75, 3.05) is 24.3 Å². The Bertz CT molecular complexity index is 560. The normalized spacial score (nSPS) is 10.2. The van der Waals surface area contributed by atoms with Crippen molar-refractivity contribution in [1.29, 1.82) is 0 Å². The van der Waals surface area contributed by atoms with Gasteiger partial charge >= 0.3 is 0 Å². The molecule has 0 saturated carbocycles. The third-order valence-electron chi connectivity index (χ3n) is 2.73. The number of nitrogens with one attached hydrogen (secondary N) is 2. The van der Waals surface area contributed by atoms with E-state index in [1.807, 2.05) is 6.92 Å². The highest BCUT2D eigenvalue weighted by molar-refractivity contribution is 5.63. The molecule has 0 aliphatic carbocycles. The summed E-state index contributed by atoms with van der Waals surface area (Å²) in [5, 5.41) is 6.27. The monoisotopic (exact) mass is 276 g/mol. The van der Waals surface area contributed by atoms with Gasteiger partial charge in [0.05, 0.1) is 7.11 Å². The van der Waals surface area contributed by atoms with E-state index in [4.69, 9.17) is 4.74 Å². The van der Waals surface area contributed by atoms with E-state index >= 15 is 0 Å². The average Bonchev–Trinajstić information content (AvgIpc) is 2.47. The Morgan fingerprint density at radius 2 is 1.75 bits per heavy atom. The molecule has 5 nitrogen and oxygen atoms in total. The van der Waals surface area contributed by atoms with Gasteiger partial charge in [-0.15, -0.1) is 0 Å². The van der Waals surface area contributed by atoms with Gasteiger partial charge in [0.25, 0.3) is 0 Å². The van der Waals surface area contributed by atoms with Gasteiger partial charge in [-0.1, -0.05) is 12.1 Å². The molecular formula is C14H17FN4O. The second-order valence-corrected chi connectivity index (χ2v) is 4.11. The molecule has 1 aromatic carbocycles. The first-order valence-corrected chi connectivity index (χ1v) is 6.35. The Labute approximate surface area is 117 Å². The molecule has 0 aliphatic heterocycles. The van der Waals surface area contributed by atoms with Gasteiger partial charge in [0.1, 0.15) is 12.1 Å². The standard InChI is InChI=1S/C14H17FN4O/c1-3-16-13-12(20-2)14(19-9-18-13)17-8-10-4-6-11(15)7-5-10/h4-7,9H,3,8H2,1-2H3,(H2,16,17,18,19). The van der Waals surface area contributed by atoms with Crippen molar-refractivity contribution in [2.45, 2.75) is 13.5 Å². The Balaban J connectivity index is 2.12. The number of ether oxygens (including phenoxy) is 1. The fourth-order valence-corrected chi connectivity index (χ4v) is 1.77. The minimum absolute atomic E-state index is 0.247. The molecule has 0 fully saturated rings. The Morgan fingerprint density at radius 3 is 2.35 bits per heavy atom. The van der Waals surface area contributed by atoms with Crippen molar-refractivity contribution in [3.63, 3.8) is 0 Å². The van der Waals surface area contributed by atoms with Crippen molar-refractivity contribution < 1.29 is 9.13 Å². The van der Waals surface area contributed by atoms with E-state index < -0.39 is 0 Å². The van der Waals surface area contributed by atoms with Crippen LogP contribution in [0.4, 0.5) is 16.0 Å². The molecule has 0 saturated heterocycles. The largest absolute Gasteiger partial charge is 0.490 e. The van der Waals surface area contributed by atoms with E-state index in [-0.39, 0.29) is 5.82 Å². The number of hydrogen-bond donors (Lipinski definition) is 2. The van der Waals surface area contributed by atoms with Gasteiger partial charge in [0.2, 0.25) is 5.75 Å². The Morgan fingerprint density at radius 1 is 1.10 bits per heavy atom. The Kier molecular flexibility index (Phi) is 4.70. The second kappa shape index (κ2) is 6.70. The summed E-state index contributed by atoms with van der Waals surface area (Å²) in [7, 11) is 1.57. The third-order valence-corrected chi connectivity index (χ3v) is 2.73. The Hall–Kier alpha value is -2.37. The first kappa shape index (κ1) is 14.0.